The number of hydrogen-bond donors (Lipinski definition) is 1. The molecule has 1 rings (SSSR count). The van der Waals surface area contributed by atoms with Gasteiger partial charge >= 0.3 is 0 Å². The van der Waals surface area contributed by atoms with Crippen LogP contribution in [0.1, 0.15) is 5.56 Å². The Labute approximate surface area is 93.9 Å². The molecule has 6 nitrogen and oxygen atoms in total. The molecule has 0 unspecified atom stereocenters. The van der Waals surface area contributed by atoms with Crippen LogP contribution in [-0.4, -0.2) is 26.6 Å². The number of quaternary nitrogens is 1. The summed E-state index contributed by atoms with van der Waals surface area (Å²) in [5, 5.41) is 0. The first kappa shape index (κ1) is 12.8. The molecule has 0 radical (unpaired) electrons. The lowest BCUT2D eigenvalue weighted by atomic mass is 10.1. The van der Waals surface area contributed by atoms with Gasteiger partial charge in [-0.3, -0.25) is 0 Å². The summed E-state index contributed by atoms with van der Waals surface area (Å²) < 4.78 is 40.5. The quantitative estimate of drug-likeness (QED) is 0.548. The Balaban J connectivity index is 3.02. The zero-order valence-electron chi connectivity index (χ0n) is 8.80. The highest BCUT2D eigenvalue weighted by molar-refractivity contribution is 7.81. The highest BCUT2D eigenvalue weighted by Gasteiger charge is 2.08. The van der Waals surface area contributed by atoms with E-state index in [1.54, 1.807) is 12.1 Å². The van der Waals surface area contributed by atoms with Gasteiger partial charge < -0.3 is 19.2 Å². The fourth-order valence-electron chi connectivity index (χ4n) is 1.25. The number of rotatable bonds is 5. The SMILES string of the molecule is COc1cc(CC[NH3+])ccc1OS(=O)(=O)[O-]. The van der Waals surface area contributed by atoms with Crippen molar-refractivity contribution in [1.82, 2.24) is 0 Å². The van der Waals surface area contributed by atoms with Crippen LogP contribution in [0, 0.1) is 0 Å². The lowest BCUT2D eigenvalue weighted by Gasteiger charge is -2.13. The van der Waals surface area contributed by atoms with Gasteiger partial charge in [0.25, 0.3) is 10.4 Å². The third-order valence-electron chi connectivity index (χ3n) is 1.89. The molecule has 0 atom stereocenters. The van der Waals surface area contributed by atoms with Crippen molar-refractivity contribution >= 4 is 10.4 Å². The molecule has 0 aromatic heterocycles. The van der Waals surface area contributed by atoms with Gasteiger partial charge in [0, 0.05) is 6.42 Å². The Hall–Kier alpha value is -1.31. The fraction of sp³-hybridized carbons (Fsp3) is 0.333. The average molecular weight is 247 g/mol. The molecule has 1 aromatic rings. The summed E-state index contributed by atoms with van der Waals surface area (Å²) in [6.45, 7) is 0.712. The zero-order valence-corrected chi connectivity index (χ0v) is 9.62. The molecule has 0 amide bonds. The molecule has 0 aliphatic carbocycles. The van der Waals surface area contributed by atoms with E-state index < -0.39 is 10.4 Å². The van der Waals surface area contributed by atoms with E-state index in [1.165, 1.54) is 13.2 Å². The van der Waals surface area contributed by atoms with Gasteiger partial charge in [-0.15, -0.1) is 0 Å². The lowest BCUT2D eigenvalue weighted by Crippen LogP contribution is -2.51. The first-order valence-corrected chi connectivity index (χ1v) is 5.91. The Morgan fingerprint density at radius 1 is 1.38 bits per heavy atom. The Morgan fingerprint density at radius 3 is 2.56 bits per heavy atom. The molecule has 7 heteroatoms. The third kappa shape index (κ3) is 3.69. The molecule has 0 spiro atoms. The number of methoxy groups -OCH3 is 1. The predicted octanol–water partition coefficient (Wildman–Crippen LogP) is -0.681. The summed E-state index contributed by atoms with van der Waals surface area (Å²) in [6, 6.07) is 4.67. The Morgan fingerprint density at radius 2 is 2.06 bits per heavy atom. The Kier molecular flexibility index (Phi) is 4.11. The van der Waals surface area contributed by atoms with Gasteiger partial charge in [-0.2, -0.15) is 0 Å². The van der Waals surface area contributed by atoms with Crippen LogP contribution in [0.2, 0.25) is 0 Å². The minimum absolute atomic E-state index is 0.106. The summed E-state index contributed by atoms with van der Waals surface area (Å²) in [7, 11) is -3.41. The maximum Gasteiger partial charge on any atom is 0.262 e. The predicted molar refractivity (Wildman–Crippen MR) is 54.8 cm³/mol. The van der Waals surface area contributed by atoms with Gasteiger partial charge in [-0.05, 0) is 17.7 Å². The molecule has 0 heterocycles. The second kappa shape index (κ2) is 5.15. The third-order valence-corrected chi connectivity index (χ3v) is 2.27. The first-order chi connectivity index (χ1) is 7.46. The largest absolute Gasteiger partial charge is 0.716 e. The average Bonchev–Trinajstić information content (AvgIpc) is 2.18. The maximum atomic E-state index is 10.4. The van der Waals surface area contributed by atoms with Gasteiger partial charge in [-0.1, -0.05) is 6.07 Å². The number of benzene rings is 1. The van der Waals surface area contributed by atoms with Crippen molar-refractivity contribution in [2.24, 2.45) is 0 Å². The van der Waals surface area contributed by atoms with Crippen molar-refractivity contribution in [1.29, 1.82) is 0 Å². The molecular formula is C9H13NO5S. The van der Waals surface area contributed by atoms with E-state index in [2.05, 4.69) is 9.92 Å². The monoisotopic (exact) mass is 247 g/mol. The van der Waals surface area contributed by atoms with E-state index in [4.69, 9.17) is 4.74 Å². The molecule has 90 valence electrons. The van der Waals surface area contributed by atoms with Crippen molar-refractivity contribution in [3.05, 3.63) is 23.8 Å². The summed E-state index contributed by atoms with van der Waals surface area (Å²) in [4.78, 5) is 0. The van der Waals surface area contributed by atoms with Crippen LogP contribution in [0.25, 0.3) is 0 Å². The fourth-order valence-corrected chi connectivity index (χ4v) is 1.61. The second-order valence-electron chi connectivity index (χ2n) is 3.08. The standard InChI is InChI=1S/C9H13NO5S/c1-14-9-6-7(4-5-10)2-3-8(9)15-16(11,12)13/h2-3,6H,4-5,10H2,1H3,(H,11,12,13). The first-order valence-electron chi connectivity index (χ1n) is 4.57. The maximum absolute atomic E-state index is 10.4. The number of ether oxygens (including phenoxy) is 1. The van der Waals surface area contributed by atoms with Gasteiger partial charge in [0.05, 0.1) is 13.7 Å². The van der Waals surface area contributed by atoms with Crippen LogP contribution in [0.3, 0.4) is 0 Å². The highest BCUT2D eigenvalue weighted by atomic mass is 32.3. The van der Waals surface area contributed by atoms with E-state index in [9.17, 15) is 13.0 Å². The van der Waals surface area contributed by atoms with Crippen LogP contribution >= 0.6 is 0 Å². The van der Waals surface area contributed by atoms with Gasteiger partial charge in [-0.25, -0.2) is 8.42 Å². The minimum atomic E-state index is -4.78. The van der Waals surface area contributed by atoms with Crippen LogP contribution in [0.5, 0.6) is 11.5 Å². The molecule has 0 saturated carbocycles. The van der Waals surface area contributed by atoms with E-state index in [1.807, 2.05) is 0 Å². The van der Waals surface area contributed by atoms with Crippen molar-refractivity contribution in [3.8, 4) is 11.5 Å². The van der Waals surface area contributed by atoms with E-state index in [0.717, 1.165) is 12.0 Å². The van der Waals surface area contributed by atoms with Crippen molar-refractivity contribution in [2.45, 2.75) is 6.42 Å². The van der Waals surface area contributed by atoms with Crippen LogP contribution in [-0.2, 0) is 16.8 Å². The number of hydrogen-bond acceptors (Lipinski definition) is 5. The Bertz CT molecular complexity index is 457. The molecular weight excluding hydrogens is 234 g/mol. The summed E-state index contributed by atoms with van der Waals surface area (Å²) >= 11 is 0. The normalized spacial score (nSPS) is 11.2. The van der Waals surface area contributed by atoms with Gasteiger partial charge in [0.1, 0.15) is 0 Å². The second-order valence-corrected chi connectivity index (χ2v) is 4.06. The molecule has 16 heavy (non-hydrogen) atoms. The highest BCUT2D eigenvalue weighted by Crippen LogP contribution is 2.28. The summed E-state index contributed by atoms with van der Waals surface area (Å²) in [5.74, 6) is 0.107. The smallest absolute Gasteiger partial charge is 0.262 e. The molecule has 0 fully saturated rings. The molecule has 0 aliphatic rings. The molecule has 0 bridgehead atoms. The lowest BCUT2D eigenvalue weighted by molar-refractivity contribution is -0.366. The van der Waals surface area contributed by atoms with Crippen LogP contribution in [0.15, 0.2) is 18.2 Å². The summed E-state index contributed by atoms with van der Waals surface area (Å²) in [5.41, 5.74) is 4.63. The van der Waals surface area contributed by atoms with E-state index in [0.29, 0.717) is 6.54 Å². The minimum Gasteiger partial charge on any atom is -0.716 e. The topological polar surface area (TPSA) is 103 Å². The van der Waals surface area contributed by atoms with Crippen molar-refractivity contribution in [2.75, 3.05) is 13.7 Å². The zero-order chi connectivity index (χ0) is 12.2. The van der Waals surface area contributed by atoms with Gasteiger partial charge in [0.2, 0.25) is 0 Å². The molecule has 3 N–H and O–H groups in total. The van der Waals surface area contributed by atoms with Crippen molar-refractivity contribution in [3.63, 3.8) is 0 Å². The van der Waals surface area contributed by atoms with E-state index >= 15 is 0 Å². The van der Waals surface area contributed by atoms with Crippen LogP contribution in [0.4, 0.5) is 0 Å². The van der Waals surface area contributed by atoms with Crippen molar-refractivity contribution < 1.29 is 27.6 Å². The molecule has 1 aromatic carbocycles. The van der Waals surface area contributed by atoms with E-state index in [-0.39, 0.29) is 11.5 Å². The van der Waals surface area contributed by atoms with Crippen LogP contribution < -0.4 is 14.7 Å². The summed E-state index contributed by atoms with van der Waals surface area (Å²) in [6.07, 6.45) is 0.737. The van der Waals surface area contributed by atoms with Gasteiger partial charge in [0.15, 0.2) is 11.5 Å². The molecule has 0 aliphatic heterocycles. The molecule has 0 saturated heterocycles.